The smallest absolute Gasteiger partial charge is 0.407 e. The van der Waals surface area contributed by atoms with E-state index in [1.165, 1.54) is 11.3 Å². The van der Waals surface area contributed by atoms with E-state index in [-0.39, 0.29) is 5.56 Å². The third kappa shape index (κ3) is 6.00. The maximum absolute atomic E-state index is 11.7. The topological polar surface area (TPSA) is 137 Å². The van der Waals surface area contributed by atoms with Gasteiger partial charge in [0.15, 0.2) is 0 Å². The highest BCUT2D eigenvalue weighted by atomic mass is 32.1. The maximum atomic E-state index is 11.7. The molecule has 1 aromatic heterocycles. The number of nitrogens with one attached hydrogen (secondary N) is 2. The van der Waals surface area contributed by atoms with Crippen molar-refractivity contribution in [3.8, 4) is 10.4 Å². The average molecular weight is 390 g/mol. The van der Waals surface area contributed by atoms with Crippen LogP contribution in [-0.4, -0.2) is 23.6 Å². The maximum Gasteiger partial charge on any atom is 0.407 e. The molecule has 0 saturated carbocycles. The number of primary amides is 2. The zero-order valence-corrected chi connectivity index (χ0v) is 16.1. The summed E-state index contributed by atoms with van der Waals surface area (Å²) in [6.07, 6.45) is -0.488. The second-order valence-corrected chi connectivity index (χ2v) is 7.81. The lowest BCUT2D eigenvalue weighted by atomic mass is 10.1. The molecule has 1 heterocycles. The molecule has 9 heteroatoms. The highest BCUT2D eigenvalue weighted by Gasteiger charge is 2.17. The van der Waals surface area contributed by atoms with Crippen LogP contribution in [0.4, 0.5) is 14.6 Å². The van der Waals surface area contributed by atoms with E-state index in [0.29, 0.717) is 11.5 Å². The number of urea groups is 1. The summed E-state index contributed by atoms with van der Waals surface area (Å²) in [6, 6.07) is 8.21. The molecule has 0 spiro atoms. The van der Waals surface area contributed by atoms with E-state index in [2.05, 4.69) is 10.6 Å². The van der Waals surface area contributed by atoms with Gasteiger partial charge in [0.25, 0.3) is 5.91 Å². The molecule has 4 amide bonds. The fourth-order valence-corrected chi connectivity index (χ4v) is 3.27. The summed E-state index contributed by atoms with van der Waals surface area (Å²) >= 11 is 1.20. The second-order valence-electron chi connectivity index (χ2n) is 6.76. The molecule has 0 saturated heterocycles. The highest BCUT2D eigenvalue weighted by Crippen LogP contribution is 2.35. The van der Waals surface area contributed by atoms with Gasteiger partial charge in [-0.1, -0.05) is 24.3 Å². The van der Waals surface area contributed by atoms with Crippen LogP contribution in [0.25, 0.3) is 10.4 Å². The van der Waals surface area contributed by atoms with Crippen LogP contribution in [0.5, 0.6) is 0 Å². The molecular weight excluding hydrogens is 368 g/mol. The zero-order valence-electron chi connectivity index (χ0n) is 15.3. The predicted molar refractivity (Wildman–Crippen MR) is 105 cm³/mol. The lowest BCUT2D eigenvalue weighted by molar-refractivity contribution is 0.0523. The molecule has 0 aliphatic heterocycles. The van der Waals surface area contributed by atoms with Crippen molar-refractivity contribution >= 4 is 34.4 Å². The van der Waals surface area contributed by atoms with Gasteiger partial charge in [0.05, 0.1) is 5.56 Å². The number of benzene rings is 1. The molecule has 8 nitrogen and oxygen atoms in total. The first-order chi connectivity index (χ1) is 12.5. The van der Waals surface area contributed by atoms with Crippen LogP contribution in [0.2, 0.25) is 0 Å². The SMILES string of the molecule is CC(C)(C)OC(=O)NCc1ccc(-c2cc(C(N)=O)c(NC(N)=O)s2)cc1. The quantitative estimate of drug-likeness (QED) is 0.623. The van der Waals surface area contributed by atoms with Gasteiger partial charge in [-0.05, 0) is 38.0 Å². The molecular formula is C18H22N4O4S. The van der Waals surface area contributed by atoms with E-state index < -0.39 is 23.6 Å². The highest BCUT2D eigenvalue weighted by molar-refractivity contribution is 7.20. The number of ether oxygens (including phenoxy) is 1. The lowest BCUT2D eigenvalue weighted by Gasteiger charge is -2.19. The van der Waals surface area contributed by atoms with Crippen LogP contribution < -0.4 is 22.1 Å². The Morgan fingerprint density at radius 3 is 2.26 bits per heavy atom. The standard InChI is InChI=1S/C18H22N4O4S/c1-18(2,3)26-17(25)21-9-10-4-6-11(7-5-10)13-8-12(14(19)23)15(27-13)22-16(20)24/h4-8H,9H2,1-3H3,(H2,19,23)(H,21,25)(H3,20,22,24). The van der Waals surface area contributed by atoms with E-state index in [4.69, 9.17) is 16.2 Å². The Hall–Kier alpha value is -3.07. The number of rotatable bonds is 5. The van der Waals surface area contributed by atoms with E-state index in [1.807, 2.05) is 24.3 Å². The number of carbonyl (C=O) groups excluding carboxylic acids is 3. The first-order valence-electron chi connectivity index (χ1n) is 8.11. The number of alkyl carbamates (subject to hydrolysis) is 1. The molecule has 2 rings (SSSR count). The molecule has 0 radical (unpaired) electrons. The van der Waals surface area contributed by atoms with Gasteiger partial charge in [0.1, 0.15) is 10.6 Å². The second kappa shape index (κ2) is 8.09. The fourth-order valence-electron chi connectivity index (χ4n) is 2.20. The Bertz CT molecular complexity index is 853. The van der Waals surface area contributed by atoms with Crippen LogP contribution in [0.15, 0.2) is 30.3 Å². The first kappa shape index (κ1) is 20.2. The third-order valence-electron chi connectivity index (χ3n) is 3.31. The van der Waals surface area contributed by atoms with Crippen LogP contribution in [0.3, 0.4) is 0 Å². The Balaban J connectivity index is 2.10. The van der Waals surface area contributed by atoms with Gasteiger partial charge in [0, 0.05) is 11.4 Å². The van der Waals surface area contributed by atoms with Crippen LogP contribution in [-0.2, 0) is 11.3 Å². The zero-order chi connectivity index (χ0) is 20.2. The lowest BCUT2D eigenvalue weighted by Crippen LogP contribution is -2.32. The molecule has 2 aromatic rings. The molecule has 0 unspecified atom stereocenters. The number of hydrogen-bond acceptors (Lipinski definition) is 5. The van der Waals surface area contributed by atoms with Gasteiger partial charge in [0.2, 0.25) is 0 Å². The van der Waals surface area contributed by atoms with Crippen molar-refractivity contribution in [2.24, 2.45) is 11.5 Å². The normalized spacial score (nSPS) is 10.9. The van der Waals surface area contributed by atoms with Crippen LogP contribution in [0.1, 0.15) is 36.7 Å². The Kier molecular flexibility index (Phi) is 6.06. The van der Waals surface area contributed by atoms with Crippen molar-refractivity contribution in [3.05, 3.63) is 41.5 Å². The van der Waals surface area contributed by atoms with Crippen molar-refractivity contribution in [2.45, 2.75) is 32.9 Å². The Morgan fingerprint density at radius 2 is 1.74 bits per heavy atom. The number of hydrogen-bond donors (Lipinski definition) is 4. The number of anilines is 1. The predicted octanol–water partition coefficient (Wildman–Crippen LogP) is 3.03. The average Bonchev–Trinajstić information content (AvgIpc) is 2.95. The van der Waals surface area contributed by atoms with Crippen molar-refractivity contribution in [1.29, 1.82) is 0 Å². The number of nitrogens with two attached hydrogens (primary N) is 2. The summed E-state index contributed by atoms with van der Waals surface area (Å²) in [5.74, 6) is -0.653. The van der Waals surface area contributed by atoms with Crippen molar-refractivity contribution in [1.82, 2.24) is 5.32 Å². The minimum Gasteiger partial charge on any atom is -0.444 e. The van der Waals surface area contributed by atoms with Gasteiger partial charge >= 0.3 is 12.1 Å². The number of amides is 4. The van der Waals surface area contributed by atoms with Gasteiger partial charge < -0.3 is 21.5 Å². The number of thiophene rings is 1. The van der Waals surface area contributed by atoms with Gasteiger partial charge in [-0.3, -0.25) is 10.1 Å². The Morgan fingerprint density at radius 1 is 1.11 bits per heavy atom. The molecule has 0 aliphatic rings. The third-order valence-corrected chi connectivity index (χ3v) is 4.41. The number of carbonyl (C=O) groups is 3. The summed E-state index contributed by atoms with van der Waals surface area (Å²) in [4.78, 5) is 35.0. The molecule has 0 atom stereocenters. The van der Waals surface area contributed by atoms with Crippen molar-refractivity contribution < 1.29 is 19.1 Å². The summed E-state index contributed by atoms with van der Waals surface area (Å²) < 4.78 is 5.19. The summed E-state index contributed by atoms with van der Waals surface area (Å²) in [7, 11) is 0. The van der Waals surface area contributed by atoms with Crippen molar-refractivity contribution in [3.63, 3.8) is 0 Å². The summed E-state index contributed by atoms with van der Waals surface area (Å²) in [6.45, 7) is 5.71. The van der Waals surface area contributed by atoms with Crippen molar-refractivity contribution in [2.75, 3.05) is 5.32 Å². The van der Waals surface area contributed by atoms with Crippen LogP contribution >= 0.6 is 11.3 Å². The van der Waals surface area contributed by atoms with Gasteiger partial charge in [-0.2, -0.15) is 0 Å². The molecule has 0 aliphatic carbocycles. The van der Waals surface area contributed by atoms with E-state index in [0.717, 1.165) is 16.0 Å². The molecule has 144 valence electrons. The monoisotopic (exact) mass is 390 g/mol. The van der Waals surface area contributed by atoms with E-state index in [1.54, 1.807) is 26.8 Å². The largest absolute Gasteiger partial charge is 0.444 e. The molecule has 27 heavy (non-hydrogen) atoms. The van der Waals surface area contributed by atoms with E-state index in [9.17, 15) is 14.4 Å². The molecule has 0 fully saturated rings. The molecule has 0 bridgehead atoms. The minimum absolute atomic E-state index is 0.199. The fraction of sp³-hybridized carbons (Fsp3) is 0.278. The minimum atomic E-state index is -0.769. The van der Waals surface area contributed by atoms with Gasteiger partial charge in [-0.25, -0.2) is 9.59 Å². The Labute approximate surface area is 160 Å². The summed E-state index contributed by atoms with van der Waals surface area (Å²) in [5.41, 5.74) is 11.8. The summed E-state index contributed by atoms with van der Waals surface area (Å²) in [5, 5.41) is 5.39. The van der Waals surface area contributed by atoms with Crippen LogP contribution in [0, 0.1) is 0 Å². The van der Waals surface area contributed by atoms with Gasteiger partial charge in [-0.15, -0.1) is 11.3 Å². The molecule has 1 aromatic carbocycles. The van der Waals surface area contributed by atoms with E-state index >= 15 is 0 Å². The molecule has 6 N–H and O–H groups in total. The first-order valence-corrected chi connectivity index (χ1v) is 8.93.